The van der Waals surface area contributed by atoms with Crippen LogP contribution in [0.1, 0.15) is 51.0 Å². The van der Waals surface area contributed by atoms with Gasteiger partial charge in [0.25, 0.3) is 0 Å². The molecule has 1 saturated heterocycles. The first-order chi connectivity index (χ1) is 12.0. The molecule has 0 unspecified atom stereocenters. The molecule has 8 heteroatoms. The number of carbonyl (C=O) groups is 2. The fourth-order valence-electron chi connectivity index (χ4n) is 2.85. The summed E-state index contributed by atoms with van der Waals surface area (Å²) >= 11 is 0. The second kappa shape index (κ2) is 7.39. The number of nitrogens with zero attached hydrogens (tertiary/aromatic N) is 2. The van der Waals surface area contributed by atoms with Gasteiger partial charge in [0.1, 0.15) is 11.4 Å². The molecule has 0 spiro atoms. The van der Waals surface area contributed by atoms with Crippen molar-refractivity contribution in [2.24, 2.45) is 0 Å². The summed E-state index contributed by atoms with van der Waals surface area (Å²) in [6, 6.07) is 1.50. The van der Waals surface area contributed by atoms with Crippen LogP contribution in [0, 0.1) is 0 Å². The second-order valence-electron chi connectivity index (χ2n) is 7.73. The monoisotopic (exact) mass is 365 g/mol. The summed E-state index contributed by atoms with van der Waals surface area (Å²) in [6.07, 6.45) is 2.08. The molecule has 0 radical (unpaired) electrons. The van der Waals surface area contributed by atoms with Crippen molar-refractivity contribution in [3.63, 3.8) is 0 Å². The highest BCUT2D eigenvalue weighted by Crippen LogP contribution is 2.30. The van der Waals surface area contributed by atoms with Gasteiger partial charge in [-0.15, -0.1) is 0 Å². The Morgan fingerprint density at radius 3 is 2.46 bits per heavy atom. The standard InChI is InChI=1S/C18H27N3O5/c1-17(2,3)26-16(24)20-18(4)6-8-21(9-7-18)13-10-12(22)11-19-14(13)15(23)25-5/h10-11,22H,6-9H2,1-5H3,(H,20,24). The number of amides is 1. The number of nitrogens with one attached hydrogen (secondary N) is 1. The Morgan fingerprint density at radius 1 is 1.31 bits per heavy atom. The maximum Gasteiger partial charge on any atom is 0.408 e. The first-order valence-electron chi connectivity index (χ1n) is 8.56. The number of esters is 1. The highest BCUT2D eigenvalue weighted by atomic mass is 16.6. The van der Waals surface area contributed by atoms with Gasteiger partial charge in [-0.3, -0.25) is 0 Å². The molecule has 8 nitrogen and oxygen atoms in total. The summed E-state index contributed by atoms with van der Waals surface area (Å²) in [5, 5.41) is 12.7. The number of pyridine rings is 1. The van der Waals surface area contributed by atoms with Crippen LogP contribution in [0.2, 0.25) is 0 Å². The second-order valence-corrected chi connectivity index (χ2v) is 7.73. The van der Waals surface area contributed by atoms with E-state index >= 15 is 0 Å². The van der Waals surface area contributed by atoms with Crippen molar-refractivity contribution in [2.45, 2.75) is 51.7 Å². The summed E-state index contributed by atoms with van der Waals surface area (Å²) in [5.74, 6) is -0.576. The number of ether oxygens (including phenoxy) is 2. The van der Waals surface area contributed by atoms with E-state index in [-0.39, 0.29) is 11.4 Å². The smallest absolute Gasteiger partial charge is 0.408 e. The number of anilines is 1. The Morgan fingerprint density at radius 2 is 1.92 bits per heavy atom. The van der Waals surface area contributed by atoms with Gasteiger partial charge in [-0.2, -0.15) is 0 Å². The van der Waals surface area contributed by atoms with Crippen LogP contribution in [-0.4, -0.2) is 53.5 Å². The van der Waals surface area contributed by atoms with Gasteiger partial charge < -0.3 is 24.8 Å². The molecule has 2 heterocycles. The number of hydrogen-bond donors (Lipinski definition) is 2. The summed E-state index contributed by atoms with van der Waals surface area (Å²) in [5.41, 5.74) is -0.275. The molecule has 2 N–H and O–H groups in total. The summed E-state index contributed by atoms with van der Waals surface area (Å²) in [4.78, 5) is 29.9. The van der Waals surface area contributed by atoms with E-state index in [1.54, 1.807) is 0 Å². The molecule has 0 aliphatic carbocycles. The number of carbonyl (C=O) groups excluding carboxylic acids is 2. The topological polar surface area (TPSA) is 101 Å². The van der Waals surface area contributed by atoms with Crippen LogP contribution in [0.4, 0.5) is 10.5 Å². The third kappa shape index (κ3) is 5.00. The Balaban J connectivity index is 2.07. The molecule has 1 aromatic rings. The average molecular weight is 365 g/mol. The molecule has 2 rings (SSSR count). The van der Waals surface area contributed by atoms with E-state index in [9.17, 15) is 14.7 Å². The van der Waals surface area contributed by atoms with Crippen molar-refractivity contribution < 1.29 is 24.2 Å². The quantitative estimate of drug-likeness (QED) is 0.794. The molecule has 0 saturated carbocycles. The largest absolute Gasteiger partial charge is 0.506 e. The molecule has 1 aromatic heterocycles. The van der Waals surface area contributed by atoms with Gasteiger partial charge in [0.05, 0.1) is 19.0 Å². The molecule has 1 aliphatic heterocycles. The van der Waals surface area contributed by atoms with Crippen LogP contribution in [-0.2, 0) is 9.47 Å². The normalized spacial score (nSPS) is 16.7. The molecule has 1 aliphatic rings. The third-order valence-electron chi connectivity index (χ3n) is 4.24. The minimum absolute atomic E-state index is 0.0205. The minimum Gasteiger partial charge on any atom is -0.506 e. The van der Waals surface area contributed by atoms with Gasteiger partial charge >= 0.3 is 12.1 Å². The van der Waals surface area contributed by atoms with E-state index in [0.29, 0.717) is 31.6 Å². The van der Waals surface area contributed by atoms with Crippen LogP contribution in [0.25, 0.3) is 0 Å². The SMILES string of the molecule is COC(=O)c1ncc(O)cc1N1CCC(C)(NC(=O)OC(C)(C)C)CC1. The highest BCUT2D eigenvalue weighted by Gasteiger charge is 2.34. The summed E-state index contributed by atoms with van der Waals surface area (Å²) < 4.78 is 10.1. The van der Waals surface area contributed by atoms with Gasteiger partial charge in [-0.05, 0) is 40.5 Å². The van der Waals surface area contributed by atoms with Crippen molar-refractivity contribution in [3.05, 3.63) is 18.0 Å². The fourth-order valence-corrected chi connectivity index (χ4v) is 2.85. The van der Waals surface area contributed by atoms with Gasteiger partial charge in [0, 0.05) is 24.7 Å². The fraction of sp³-hybridized carbons (Fsp3) is 0.611. The molecule has 1 amide bonds. The van der Waals surface area contributed by atoms with Crippen LogP contribution < -0.4 is 10.2 Å². The Kier molecular flexibility index (Phi) is 5.63. The lowest BCUT2D eigenvalue weighted by atomic mass is 9.89. The lowest BCUT2D eigenvalue weighted by Crippen LogP contribution is -2.54. The maximum absolute atomic E-state index is 12.1. The molecule has 0 atom stereocenters. The zero-order chi connectivity index (χ0) is 19.5. The number of aromatic nitrogens is 1. The van der Waals surface area contributed by atoms with E-state index in [1.165, 1.54) is 19.4 Å². The number of piperidine rings is 1. The van der Waals surface area contributed by atoms with E-state index < -0.39 is 23.2 Å². The van der Waals surface area contributed by atoms with Crippen LogP contribution in [0.15, 0.2) is 12.3 Å². The zero-order valence-electron chi connectivity index (χ0n) is 16.0. The molecular weight excluding hydrogens is 338 g/mol. The first-order valence-corrected chi connectivity index (χ1v) is 8.56. The van der Waals surface area contributed by atoms with Gasteiger partial charge in [0.15, 0.2) is 5.69 Å². The van der Waals surface area contributed by atoms with Crippen molar-refractivity contribution in [1.29, 1.82) is 0 Å². The number of aromatic hydroxyl groups is 1. The predicted molar refractivity (Wildman–Crippen MR) is 96.5 cm³/mol. The Labute approximate surface area is 153 Å². The molecule has 144 valence electrons. The van der Waals surface area contributed by atoms with Gasteiger partial charge in [0.2, 0.25) is 0 Å². The van der Waals surface area contributed by atoms with Crippen LogP contribution in [0.5, 0.6) is 5.75 Å². The van der Waals surface area contributed by atoms with E-state index in [0.717, 1.165) is 0 Å². The van der Waals surface area contributed by atoms with Gasteiger partial charge in [-0.1, -0.05) is 0 Å². The van der Waals surface area contributed by atoms with E-state index in [2.05, 4.69) is 10.3 Å². The molecule has 26 heavy (non-hydrogen) atoms. The first kappa shape index (κ1) is 19.8. The van der Waals surface area contributed by atoms with Crippen LogP contribution in [0.3, 0.4) is 0 Å². The number of hydrogen-bond acceptors (Lipinski definition) is 7. The highest BCUT2D eigenvalue weighted by molar-refractivity contribution is 5.93. The minimum atomic E-state index is -0.555. The third-order valence-corrected chi connectivity index (χ3v) is 4.24. The maximum atomic E-state index is 12.1. The number of alkyl carbamates (subject to hydrolysis) is 1. The number of methoxy groups -OCH3 is 1. The summed E-state index contributed by atoms with van der Waals surface area (Å²) in [7, 11) is 1.29. The zero-order valence-corrected chi connectivity index (χ0v) is 16.0. The van der Waals surface area contributed by atoms with Crippen molar-refractivity contribution in [2.75, 3.05) is 25.1 Å². The number of rotatable bonds is 3. The van der Waals surface area contributed by atoms with E-state index in [4.69, 9.17) is 9.47 Å². The van der Waals surface area contributed by atoms with Crippen molar-refractivity contribution in [1.82, 2.24) is 10.3 Å². The van der Waals surface area contributed by atoms with Gasteiger partial charge in [-0.25, -0.2) is 14.6 Å². The Hall–Kier alpha value is -2.51. The predicted octanol–water partition coefficient (Wildman–Crippen LogP) is 2.46. The lowest BCUT2D eigenvalue weighted by Gasteiger charge is -2.41. The van der Waals surface area contributed by atoms with Crippen molar-refractivity contribution in [3.8, 4) is 5.75 Å². The average Bonchev–Trinajstić information content (AvgIpc) is 2.52. The van der Waals surface area contributed by atoms with Crippen LogP contribution >= 0.6 is 0 Å². The van der Waals surface area contributed by atoms with E-state index in [1.807, 2.05) is 32.6 Å². The van der Waals surface area contributed by atoms with Crippen molar-refractivity contribution >= 4 is 17.7 Å². The summed E-state index contributed by atoms with van der Waals surface area (Å²) in [6.45, 7) is 8.60. The Bertz CT molecular complexity index is 676. The molecule has 1 fully saturated rings. The molecular formula is C18H27N3O5. The molecule has 0 aromatic carbocycles. The lowest BCUT2D eigenvalue weighted by molar-refractivity contribution is 0.0448. The molecule has 0 bridgehead atoms.